The van der Waals surface area contributed by atoms with Crippen LogP contribution in [0.15, 0.2) is 0 Å². The Bertz CT molecular complexity index is 237. The summed E-state index contributed by atoms with van der Waals surface area (Å²) in [6.45, 7) is 12.4. The lowest BCUT2D eigenvalue weighted by atomic mass is 9.70. The smallest absolute Gasteiger partial charge is 0.0785 e. The van der Waals surface area contributed by atoms with E-state index in [9.17, 15) is 0 Å². The second-order valence-electron chi connectivity index (χ2n) is 6.68. The summed E-state index contributed by atoms with van der Waals surface area (Å²) in [5, 5.41) is 0. The first kappa shape index (κ1) is 15.9. The molecule has 18 heavy (non-hydrogen) atoms. The molecule has 108 valence electrons. The topological polar surface area (TPSA) is 44.5 Å². The zero-order valence-corrected chi connectivity index (χ0v) is 12.7. The van der Waals surface area contributed by atoms with E-state index in [1.807, 2.05) is 6.92 Å². The van der Waals surface area contributed by atoms with Crippen molar-refractivity contribution >= 4 is 0 Å². The van der Waals surface area contributed by atoms with Gasteiger partial charge in [0.25, 0.3) is 0 Å². The molecular weight excluding hydrogens is 226 g/mol. The van der Waals surface area contributed by atoms with E-state index in [1.165, 1.54) is 6.42 Å². The quantitative estimate of drug-likeness (QED) is 0.823. The number of hydrogen-bond acceptors (Lipinski definition) is 3. The first-order chi connectivity index (χ1) is 8.34. The molecule has 0 amide bonds. The van der Waals surface area contributed by atoms with Crippen molar-refractivity contribution in [1.82, 2.24) is 0 Å². The molecule has 0 aromatic carbocycles. The first-order valence-electron chi connectivity index (χ1n) is 7.33. The van der Waals surface area contributed by atoms with Crippen molar-refractivity contribution < 1.29 is 9.47 Å². The van der Waals surface area contributed by atoms with Crippen LogP contribution in [-0.4, -0.2) is 31.5 Å². The van der Waals surface area contributed by atoms with Crippen molar-refractivity contribution in [2.24, 2.45) is 17.1 Å². The van der Waals surface area contributed by atoms with Crippen LogP contribution in [0.3, 0.4) is 0 Å². The average Bonchev–Trinajstić information content (AvgIpc) is 2.28. The Morgan fingerprint density at radius 1 is 1.28 bits per heavy atom. The zero-order valence-electron chi connectivity index (χ0n) is 12.7. The lowest BCUT2D eigenvalue weighted by Crippen LogP contribution is -2.46. The molecule has 1 aliphatic carbocycles. The molecule has 4 atom stereocenters. The zero-order chi connectivity index (χ0) is 13.8. The summed E-state index contributed by atoms with van der Waals surface area (Å²) in [5.74, 6) is 0.710. The van der Waals surface area contributed by atoms with Crippen LogP contribution in [0.25, 0.3) is 0 Å². The molecule has 0 aromatic heterocycles. The van der Waals surface area contributed by atoms with Crippen LogP contribution in [0.2, 0.25) is 0 Å². The van der Waals surface area contributed by atoms with Gasteiger partial charge in [-0.1, -0.05) is 20.8 Å². The minimum atomic E-state index is 0.139. The maximum atomic E-state index is 6.20. The maximum Gasteiger partial charge on any atom is 0.0785 e. The molecule has 4 unspecified atom stereocenters. The standard InChI is InChI=1S/C15H31NO2/c1-6-17-10-11(2)18-14-9-12(15(3,4)5)7-8-13(14)16/h11-14H,6-10,16H2,1-5H3. The summed E-state index contributed by atoms with van der Waals surface area (Å²) < 4.78 is 11.5. The van der Waals surface area contributed by atoms with Crippen LogP contribution in [0.4, 0.5) is 0 Å². The van der Waals surface area contributed by atoms with Crippen molar-refractivity contribution in [3.05, 3.63) is 0 Å². The molecule has 0 aromatic rings. The van der Waals surface area contributed by atoms with E-state index in [0.717, 1.165) is 19.4 Å². The van der Waals surface area contributed by atoms with Gasteiger partial charge in [0, 0.05) is 12.6 Å². The minimum Gasteiger partial charge on any atom is -0.379 e. The van der Waals surface area contributed by atoms with Gasteiger partial charge in [0.2, 0.25) is 0 Å². The summed E-state index contributed by atoms with van der Waals surface area (Å²) in [7, 11) is 0. The van der Waals surface area contributed by atoms with Gasteiger partial charge in [-0.3, -0.25) is 0 Å². The van der Waals surface area contributed by atoms with Crippen LogP contribution < -0.4 is 5.73 Å². The van der Waals surface area contributed by atoms with Crippen LogP contribution in [-0.2, 0) is 9.47 Å². The highest BCUT2D eigenvalue weighted by molar-refractivity contribution is 4.88. The van der Waals surface area contributed by atoms with Crippen LogP contribution in [0.5, 0.6) is 0 Å². The van der Waals surface area contributed by atoms with E-state index >= 15 is 0 Å². The molecule has 1 aliphatic rings. The Morgan fingerprint density at radius 3 is 2.50 bits per heavy atom. The molecule has 3 heteroatoms. The second-order valence-corrected chi connectivity index (χ2v) is 6.68. The monoisotopic (exact) mass is 257 g/mol. The van der Waals surface area contributed by atoms with Gasteiger partial charge in [-0.15, -0.1) is 0 Å². The summed E-state index contributed by atoms with van der Waals surface area (Å²) in [6, 6.07) is 0.188. The largest absolute Gasteiger partial charge is 0.379 e. The molecule has 0 spiro atoms. The molecule has 0 heterocycles. The van der Waals surface area contributed by atoms with Gasteiger partial charge in [-0.25, -0.2) is 0 Å². The highest BCUT2D eigenvalue weighted by Gasteiger charge is 2.35. The van der Waals surface area contributed by atoms with Crippen molar-refractivity contribution in [1.29, 1.82) is 0 Å². The SMILES string of the molecule is CCOCC(C)OC1CC(C(C)(C)C)CCC1N. The van der Waals surface area contributed by atoms with Gasteiger partial charge in [-0.2, -0.15) is 0 Å². The summed E-state index contributed by atoms with van der Waals surface area (Å²) in [5.41, 5.74) is 6.55. The Hall–Kier alpha value is -0.120. The van der Waals surface area contributed by atoms with Gasteiger partial charge in [-0.05, 0) is 44.4 Å². The lowest BCUT2D eigenvalue weighted by Gasteiger charge is -2.41. The van der Waals surface area contributed by atoms with Gasteiger partial charge >= 0.3 is 0 Å². The highest BCUT2D eigenvalue weighted by Crippen LogP contribution is 2.38. The van der Waals surface area contributed by atoms with E-state index in [-0.39, 0.29) is 18.2 Å². The number of hydrogen-bond donors (Lipinski definition) is 1. The van der Waals surface area contributed by atoms with Crippen molar-refractivity contribution in [3.8, 4) is 0 Å². The van der Waals surface area contributed by atoms with Crippen molar-refractivity contribution in [2.45, 2.75) is 72.1 Å². The molecule has 0 radical (unpaired) electrons. The third-order valence-electron chi connectivity index (χ3n) is 4.03. The van der Waals surface area contributed by atoms with Gasteiger partial charge in [0.05, 0.1) is 18.8 Å². The van der Waals surface area contributed by atoms with Crippen molar-refractivity contribution in [2.75, 3.05) is 13.2 Å². The highest BCUT2D eigenvalue weighted by atomic mass is 16.5. The van der Waals surface area contributed by atoms with Crippen LogP contribution in [0, 0.1) is 11.3 Å². The Labute approximate surface area is 112 Å². The van der Waals surface area contributed by atoms with E-state index in [2.05, 4.69) is 27.7 Å². The molecule has 0 saturated heterocycles. The fourth-order valence-electron chi connectivity index (χ4n) is 2.72. The third kappa shape index (κ3) is 4.87. The van der Waals surface area contributed by atoms with E-state index in [1.54, 1.807) is 0 Å². The fraction of sp³-hybridized carbons (Fsp3) is 1.00. The normalized spacial score (nSPS) is 31.3. The molecule has 1 fully saturated rings. The Balaban J connectivity index is 2.47. The maximum absolute atomic E-state index is 6.20. The van der Waals surface area contributed by atoms with Gasteiger partial charge in [0.1, 0.15) is 0 Å². The van der Waals surface area contributed by atoms with Crippen LogP contribution in [0.1, 0.15) is 53.9 Å². The van der Waals surface area contributed by atoms with E-state index in [0.29, 0.717) is 17.9 Å². The van der Waals surface area contributed by atoms with Gasteiger partial charge in [0.15, 0.2) is 0 Å². The molecule has 1 saturated carbocycles. The van der Waals surface area contributed by atoms with E-state index < -0.39 is 0 Å². The second kappa shape index (κ2) is 6.88. The van der Waals surface area contributed by atoms with E-state index in [4.69, 9.17) is 15.2 Å². The number of rotatable bonds is 5. The minimum absolute atomic E-state index is 0.139. The molecule has 2 N–H and O–H groups in total. The van der Waals surface area contributed by atoms with Gasteiger partial charge < -0.3 is 15.2 Å². The molecule has 0 aliphatic heterocycles. The lowest BCUT2D eigenvalue weighted by molar-refractivity contribution is -0.0815. The predicted octanol–water partition coefficient (Wildman–Crippen LogP) is 2.97. The molecule has 1 rings (SSSR count). The molecular formula is C15H31NO2. The summed E-state index contributed by atoms with van der Waals surface area (Å²) in [6.07, 6.45) is 3.72. The van der Waals surface area contributed by atoms with Crippen molar-refractivity contribution in [3.63, 3.8) is 0 Å². The molecule has 3 nitrogen and oxygen atoms in total. The third-order valence-corrected chi connectivity index (χ3v) is 4.03. The fourth-order valence-corrected chi connectivity index (χ4v) is 2.72. The van der Waals surface area contributed by atoms with Crippen LogP contribution >= 0.6 is 0 Å². The first-order valence-corrected chi connectivity index (χ1v) is 7.33. The number of ether oxygens (including phenoxy) is 2. The number of nitrogens with two attached hydrogens (primary N) is 1. The summed E-state index contributed by atoms with van der Waals surface area (Å²) in [4.78, 5) is 0. The summed E-state index contributed by atoms with van der Waals surface area (Å²) >= 11 is 0. The Morgan fingerprint density at radius 2 is 1.94 bits per heavy atom. The Kier molecular flexibility index (Phi) is 6.09. The predicted molar refractivity (Wildman–Crippen MR) is 75.6 cm³/mol. The molecule has 0 bridgehead atoms. The average molecular weight is 257 g/mol.